The Morgan fingerprint density at radius 3 is 2.68 bits per heavy atom. The third kappa shape index (κ3) is 6.35. The maximum absolute atomic E-state index is 5.46. The molecule has 1 aliphatic rings. The molecule has 1 aromatic carbocycles. The SMILES string of the molecule is CCNC(=NCc1ccccc1CN1CCOCC1)NCCn1cc(C)cn1. The molecule has 3 rings (SSSR count). The van der Waals surface area contributed by atoms with Gasteiger partial charge in [0.05, 0.1) is 32.5 Å². The fourth-order valence-electron chi connectivity index (χ4n) is 3.25. The molecule has 7 nitrogen and oxygen atoms in total. The van der Waals surface area contributed by atoms with Crippen molar-refractivity contribution < 1.29 is 4.74 Å². The van der Waals surface area contributed by atoms with E-state index in [0.29, 0.717) is 6.54 Å². The maximum Gasteiger partial charge on any atom is 0.191 e. The molecule has 28 heavy (non-hydrogen) atoms. The molecule has 7 heteroatoms. The number of aromatic nitrogens is 2. The van der Waals surface area contributed by atoms with E-state index in [0.717, 1.165) is 58.4 Å². The zero-order valence-corrected chi connectivity index (χ0v) is 17.0. The van der Waals surface area contributed by atoms with Crippen molar-refractivity contribution >= 4 is 5.96 Å². The molecule has 1 aliphatic heterocycles. The molecule has 0 bridgehead atoms. The predicted octanol–water partition coefficient (Wildman–Crippen LogP) is 1.78. The summed E-state index contributed by atoms with van der Waals surface area (Å²) in [5.41, 5.74) is 3.79. The molecule has 1 fully saturated rings. The predicted molar refractivity (Wildman–Crippen MR) is 112 cm³/mol. The molecular weight excluding hydrogens is 352 g/mol. The summed E-state index contributed by atoms with van der Waals surface area (Å²) in [6, 6.07) is 8.59. The van der Waals surface area contributed by atoms with Crippen LogP contribution in [0.15, 0.2) is 41.7 Å². The van der Waals surface area contributed by atoms with Gasteiger partial charge in [-0.2, -0.15) is 5.10 Å². The third-order valence-electron chi connectivity index (χ3n) is 4.76. The average molecular weight is 385 g/mol. The number of guanidine groups is 1. The molecule has 0 saturated carbocycles. The molecule has 0 atom stereocenters. The second-order valence-electron chi connectivity index (χ2n) is 7.06. The van der Waals surface area contributed by atoms with Gasteiger partial charge >= 0.3 is 0 Å². The van der Waals surface area contributed by atoms with E-state index >= 15 is 0 Å². The van der Waals surface area contributed by atoms with Gasteiger partial charge in [0.25, 0.3) is 0 Å². The number of aryl methyl sites for hydroxylation is 1. The molecule has 152 valence electrons. The lowest BCUT2D eigenvalue weighted by Gasteiger charge is -2.27. The highest BCUT2D eigenvalue weighted by atomic mass is 16.5. The van der Waals surface area contributed by atoms with Crippen LogP contribution >= 0.6 is 0 Å². The molecule has 1 aromatic heterocycles. The van der Waals surface area contributed by atoms with Crippen molar-refractivity contribution in [2.45, 2.75) is 33.5 Å². The number of hydrogen-bond acceptors (Lipinski definition) is 4. The van der Waals surface area contributed by atoms with Gasteiger partial charge in [-0.05, 0) is 30.5 Å². The van der Waals surface area contributed by atoms with Gasteiger partial charge in [0.15, 0.2) is 5.96 Å². The van der Waals surface area contributed by atoms with Crippen molar-refractivity contribution in [2.75, 3.05) is 39.4 Å². The van der Waals surface area contributed by atoms with E-state index in [9.17, 15) is 0 Å². The number of rotatable bonds is 8. The van der Waals surface area contributed by atoms with Gasteiger partial charge in [-0.25, -0.2) is 4.99 Å². The van der Waals surface area contributed by atoms with Crippen molar-refractivity contribution in [1.29, 1.82) is 0 Å². The molecule has 0 amide bonds. The van der Waals surface area contributed by atoms with Gasteiger partial charge in [0.2, 0.25) is 0 Å². The zero-order valence-electron chi connectivity index (χ0n) is 17.0. The van der Waals surface area contributed by atoms with Crippen molar-refractivity contribution in [3.8, 4) is 0 Å². The van der Waals surface area contributed by atoms with E-state index in [1.807, 2.05) is 17.1 Å². The lowest BCUT2D eigenvalue weighted by molar-refractivity contribution is 0.0341. The van der Waals surface area contributed by atoms with Crippen molar-refractivity contribution in [3.05, 3.63) is 53.3 Å². The summed E-state index contributed by atoms with van der Waals surface area (Å²) in [5.74, 6) is 0.840. The van der Waals surface area contributed by atoms with E-state index in [2.05, 4.69) is 58.7 Å². The van der Waals surface area contributed by atoms with E-state index in [-0.39, 0.29) is 0 Å². The standard InChI is InChI=1S/C21H32N6O/c1-3-22-21(23-8-9-27-16-18(2)14-25-27)24-15-19-6-4-5-7-20(19)17-26-10-12-28-13-11-26/h4-7,14,16H,3,8-13,15,17H2,1-2H3,(H2,22,23,24). The number of nitrogens with one attached hydrogen (secondary N) is 2. The quantitative estimate of drug-likeness (QED) is 0.536. The number of benzene rings is 1. The summed E-state index contributed by atoms with van der Waals surface area (Å²) in [6.45, 7) is 11.8. The van der Waals surface area contributed by atoms with Gasteiger partial charge < -0.3 is 15.4 Å². The Morgan fingerprint density at radius 1 is 1.18 bits per heavy atom. The van der Waals surface area contributed by atoms with Gasteiger partial charge in [-0.1, -0.05) is 24.3 Å². The Labute approximate surface area is 167 Å². The molecule has 0 aliphatic carbocycles. The number of ether oxygens (including phenoxy) is 1. The molecule has 0 spiro atoms. The summed E-state index contributed by atoms with van der Waals surface area (Å²) in [6.07, 6.45) is 3.93. The third-order valence-corrected chi connectivity index (χ3v) is 4.76. The van der Waals surface area contributed by atoms with E-state index in [1.54, 1.807) is 0 Å². The lowest BCUT2D eigenvalue weighted by atomic mass is 10.1. The Morgan fingerprint density at radius 2 is 1.96 bits per heavy atom. The molecule has 0 unspecified atom stereocenters. The molecule has 2 aromatic rings. The van der Waals surface area contributed by atoms with E-state index < -0.39 is 0 Å². The Bertz CT molecular complexity index is 751. The molecule has 1 saturated heterocycles. The summed E-state index contributed by atoms with van der Waals surface area (Å²) in [4.78, 5) is 7.24. The second kappa shape index (κ2) is 10.8. The van der Waals surface area contributed by atoms with Gasteiger partial charge in [-0.15, -0.1) is 0 Å². The van der Waals surface area contributed by atoms with Crippen molar-refractivity contribution in [2.24, 2.45) is 4.99 Å². The normalized spacial score (nSPS) is 15.6. The Balaban J connectivity index is 1.57. The fourth-order valence-corrected chi connectivity index (χ4v) is 3.25. The van der Waals surface area contributed by atoms with Gasteiger partial charge in [0.1, 0.15) is 0 Å². The highest BCUT2D eigenvalue weighted by Gasteiger charge is 2.12. The van der Waals surface area contributed by atoms with Crippen LogP contribution in [0.25, 0.3) is 0 Å². The van der Waals surface area contributed by atoms with Crippen LogP contribution in [0.2, 0.25) is 0 Å². The average Bonchev–Trinajstić information content (AvgIpc) is 3.13. The fraction of sp³-hybridized carbons (Fsp3) is 0.524. The van der Waals surface area contributed by atoms with Crippen LogP contribution < -0.4 is 10.6 Å². The molecular formula is C21H32N6O. The topological polar surface area (TPSA) is 66.7 Å². The van der Waals surface area contributed by atoms with Crippen LogP contribution in [0.3, 0.4) is 0 Å². The van der Waals surface area contributed by atoms with E-state index in [1.165, 1.54) is 16.7 Å². The Hall–Kier alpha value is -2.38. The van der Waals surface area contributed by atoms with Crippen LogP contribution in [-0.4, -0.2) is 60.0 Å². The van der Waals surface area contributed by atoms with Gasteiger partial charge in [-0.3, -0.25) is 9.58 Å². The lowest BCUT2D eigenvalue weighted by Crippen LogP contribution is -2.39. The monoisotopic (exact) mass is 384 g/mol. The molecule has 0 radical (unpaired) electrons. The molecule has 2 heterocycles. The smallest absolute Gasteiger partial charge is 0.191 e. The van der Waals surface area contributed by atoms with Crippen LogP contribution in [0.4, 0.5) is 0 Å². The van der Waals surface area contributed by atoms with Crippen LogP contribution in [0, 0.1) is 6.92 Å². The number of nitrogens with zero attached hydrogens (tertiary/aromatic N) is 4. The van der Waals surface area contributed by atoms with Crippen LogP contribution in [-0.2, 0) is 24.4 Å². The van der Waals surface area contributed by atoms with Crippen molar-refractivity contribution in [3.63, 3.8) is 0 Å². The summed E-state index contributed by atoms with van der Waals surface area (Å²) >= 11 is 0. The molecule has 2 N–H and O–H groups in total. The van der Waals surface area contributed by atoms with Gasteiger partial charge in [0, 0.05) is 38.9 Å². The summed E-state index contributed by atoms with van der Waals surface area (Å²) in [7, 11) is 0. The first kappa shape index (κ1) is 20.4. The number of aliphatic imine (C=N–C) groups is 1. The zero-order chi connectivity index (χ0) is 19.6. The minimum Gasteiger partial charge on any atom is -0.379 e. The second-order valence-corrected chi connectivity index (χ2v) is 7.06. The highest BCUT2D eigenvalue weighted by Crippen LogP contribution is 2.14. The van der Waals surface area contributed by atoms with Crippen molar-refractivity contribution in [1.82, 2.24) is 25.3 Å². The van der Waals surface area contributed by atoms with Crippen LogP contribution in [0.1, 0.15) is 23.6 Å². The summed E-state index contributed by atoms with van der Waals surface area (Å²) in [5, 5.41) is 11.1. The summed E-state index contributed by atoms with van der Waals surface area (Å²) < 4.78 is 7.41. The van der Waals surface area contributed by atoms with E-state index in [4.69, 9.17) is 9.73 Å². The first-order chi connectivity index (χ1) is 13.7. The first-order valence-corrected chi connectivity index (χ1v) is 10.1. The first-order valence-electron chi connectivity index (χ1n) is 10.1. The van der Waals surface area contributed by atoms with Crippen LogP contribution in [0.5, 0.6) is 0 Å². The minimum absolute atomic E-state index is 0.663. The highest BCUT2D eigenvalue weighted by molar-refractivity contribution is 5.79. The minimum atomic E-state index is 0.663. The Kier molecular flexibility index (Phi) is 7.87. The number of morpholine rings is 1. The maximum atomic E-state index is 5.46. The largest absolute Gasteiger partial charge is 0.379 e. The number of hydrogen-bond donors (Lipinski definition) is 2.